The SMILES string of the molecule is OCCCO.OCCCOCc1ccccc1. The monoisotopic (exact) mass is 242 g/mol. The van der Waals surface area contributed by atoms with E-state index in [1.165, 1.54) is 5.56 Å². The Bertz CT molecular complexity index is 236. The van der Waals surface area contributed by atoms with Crippen molar-refractivity contribution in [2.75, 3.05) is 26.4 Å². The highest BCUT2D eigenvalue weighted by Crippen LogP contribution is 2.00. The lowest BCUT2D eigenvalue weighted by Gasteiger charge is -2.01. The fourth-order valence-electron chi connectivity index (χ4n) is 1.00. The van der Waals surface area contributed by atoms with Crippen molar-refractivity contribution in [2.24, 2.45) is 0 Å². The van der Waals surface area contributed by atoms with Gasteiger partial charge in [-0.2, -0.15) is 0 Å². The van der Waals surface area contributed by atoms with E-state index in [1.54, 1.807) is 0 Å². The fourth-order valence-corrected chi connectivity index (χ4v) is 1.00. The second kappa shape index (κ2) is 13.1. The maximum absolute atomic E-state index is 8.48. The van der Waals surface area contributed by atoms with E-state index in [0.29, 0.717) is 26.1 Å². The quantitative estimate of drug-likeness (QED) is 0.623. The van der Waals surface area contributed by atoms with E-state index in [2.05, 4.69) is 0 Å². The summed E-state index contributed by atoms with van der Waals surface area (Å²) in [6.07, 6.45) is 1.22. The van der Waals surface area contributed by atoms with Crippen molar-refractivity contribution in [3.63, 3.8) is 0 Å². The van der Waals surface area contributed by atoms with Crippen molar-refractivity contribution in [1.29, 1.82) is 0 Å². The van der Waals surface area contributed by atoms with Gasteiger partial charge in [0.1, 0.15) is 0 Å². The Hall–Kier alpha value is -0.940. The van der Waals surface area contributed by atoms with E-state index < -0.39 is 0 Å². The van der Waals surface area contributed by atoms with Crippen LogP contribution in [0.2, 0.25) is 0 Å². The zero-order valence-electron chi connectivity index (χ0n) is 10.1. The number of ether oxygens (including phenoxy) is 1. The minimum atomic E-state index is 0.0938. The lowest BCUT2D eigenvalue weighted by molar-refractivity contribution is 0.104. The van der Waals surface area contributed by atoms with Gasteiger partial charge in [0.2, 0.25) is 0 Å². The number of hydrogen-bond acceptors (Lipinski definition) is 4. The van der Waals surface area contributed by atoms with Crippen LogP contribution in [0.1, 0.15) is 18.4 Å². The lowest BCUT2D eigenvalue weighted by Crippen LogP contribution is -1.97. The summed E-state index contributed by atoms with van der Waals surface area (Å²) in [7, 11) is 0. The highest BCUT2D eigenvalue weighted by Gasteiger charge is 1.90. The second-order valence-electron chi connectivity index (χ2n) is 3.42. The highest BCUT2D eigenvalue weighted by atomic mass is 16.5. The molecule has 0 aliphatic carbocycles. The summed E-state index contributed by atoms with van der Waals surface area (Å²) in [5, 5.41) is 24.3. The van der Waals surface area contributed by atoms with Crippen molar-refractivity contribution < 1.29 is 20.1 Å². The zero-order chi connectivity index (χ0) is 12.8. The van der Waals surface area contributed by atoms with Gasteiger partial charge in [0.05, 0.1) is 6.61 Å². The molecule has 0 atom stereocenters. The molecular weight excluding hydrogens is 220 g/mol. The van der Waals surface area contributed by atoms with Crippen LogP contribution in [0.25, 0.3) is 0 Å². The largest absolute Gasteiger partial charge is 0.396 e. The molecule has 0 saturated heterocycles. The number of aliphatic hydroxyl groups is 3. The summed E-state index contributed by atoms with van der Waals surface area (Å²) in [5.41, 5.74) is 1.18. The van der Waals surface area contributed by atoms with Crippen molar-refractivity contribution in [3.05, 3.63) is 35.9 Å². The third-order valence-corrected chi connectivity index (χ3v) is 1.87. The molecule has 0 aliphatic rings. The highest BCUT2D eigenvalue weighted by molar-refractivity contribution is 5.13. The average Bonchev–Trinajstić information content (AvgIpc) is 2.38. The molecule has 0 radical (unpaired) electrons. The first-order valence-electron chi connectivity index (χ1n) is 5.79. The molecule has 0 unspecified atom stereocenters. The average molecular weight is 242 g/mol. The number of benzene rings is 1. The van der Waals surface area contributed by atoms with Gasteiger partial charge in [-0.25, -0.2) is 0 Å². The van der Waals surface area contributed by atoms with E-state index in [1.807, 2.05) is 30.3 Å². The first kappa shape index (κ1) is 16.1. The van der Waals surface area contributed by atoms with Gasteiger partial charge in [-0.05, 0) is 18.4 Å². The molecule has 0 heterocycles. The van der Waals surface area contributed by atoms with E-state index in [4.69, 9.17) is 20.1 Å². The van der Waals surface area contributed by atoms with Crippen LogP contribution in [0.3, 0.4) is 0 Å². The Labute approximate surface area is 102 Å². The summed E-state index contributed by atoms with van der Waals surface area (Å²) in [6, 6.07) is 10.0. The molecule has 1 aromatic rings. The standard InChI is InChI=1S/C10H14O2.C3H8O2/c11-7-4-8-12-9-10-5-2-1-3-6-10;4-2-1-3-5/h1-3,5-6,11H,4,7-9H2;4-5H,1-3H2. The van der Waals surface area contributed by atoms with E-state index in [9.17, 15) is 0 Å². The Kier molecular flexibility index (Phi) is 12.4. The van der Waals surface area contributed by atoms with Gasteiger partial charge >= 0.3 is 0 Å². The van der Waals surface area contributed by atoms with E-state index >= 15 is 0 Å². The summed E-state index contributed by atoms with van der Waals surface area (Å²) in [4.78, 5) is 0. The minimum Gasteiger partial charge on any atom is -0.396 e. The Morgan fingerprint density at radius 3 is 1.88 bits per heavy atom. The van der Waals surface area contributed by atoms with Crippen LogP contribution < -0.4 is 0 Å². The summed E-state index contributed by atoms with van der Waals surface area (Å²) in [6.45, 7) is 1.66. The molecule has 0 aromatic heterocycles. The molecule has 4 nitrogen and oxygen atoms in total. The minimum absolute atomic E-state index is 0.0938. The third kappa shape index (κ3) is 11.3. The Balaban J connectivity index is 0.000000437. The van der Waals surface area contributed by atoms with Crippen LogP contribution in [0.4, 0.5) is 0 Å². The smallest absolute Gasteiger partial charge is 0.0716 e. The van der Waals surface area contributed by atoms with Crippen LogP contribution in [0.15, 0.2) is 30.3 Å². The first-order valence-corrected chi connectivity index (χ1v) is 5.79. The normalized spacial score (nSPS) is 9.59. The molecular formula is C13H22O4. The predicted molar refractivity (Wildman–Crippen MR) is 66.6 cm³/mol. The Morgan fingerprint density at radius 1 is 0.824 bits per heavy atom. The molecule has 0 bridgehead atoms. The molecule has 0 amide bonds. The molecule has 0 aliphatic heterocycles. The Morgan fingerprint density at radius 2 is 1.41 bits per heavy atom. The molecule has 1 rings (SSSR count). The van der Waals surface area contributed by atoms with Gasteiger partial charge in [0.25, 0.3) is 0 Å². The lowest BCUT2D eigenvalue weighted by atomic mass is 10.2. The van der Waals surface area contributed by atoms with E-state index in [0.717, 1.165) is 0 Å². The predicted octanol–water partition coefficient (Wildman–Crippen LogP) is 0.947. The molecule has 0 fully saturated rings. The number of hydrogen-bond donors (Lipinski definition) is 3. The van der Waals surface area contributed by atoms with Crippen molar-refractivity contribution in [2.45, 2.75) is 19.4 Å². The van der Waals surface area contributed by atoms with Crippen LogP contribution in [-0.2, 0) is 11.3 Å². The molecule has 4 heteroatoms. The summed E-state index contributed by atoms with van der Waals surface area (Å²) < 4.78 is 5.30. The molecule has 0 saturated carbocycles. The van der Waals surface area contributed by atoms with Crippen molar-refractivity contribution >= 4 is 0 Å². The van der Waals surface area contributed by atoms with Crippen molar-refractivity contribution in [3.8, 4) is 0 Å². The third-order valence-electron chi connectivity index (χ3n) is 1.87. The molecule has 98 valence electrons. The van der Waals surface area contributed by atoms with Gasteiger partial charge in [0.15, 0.2) is 0 Å². The van der Waals surface area contributed by atoms with Crippen LogP contribution in [0, 0.1) is 0 Å². The molecule has 0 spiro atoms. The summed E-state index contributed by atoms with van der Waals surface area (Å²) in [5.74, 6) is 0. The van der Waals surface area contributed by atoms with Gasteiger partial charge < -0.3 is 20.1 Å². The molecule has 17 heavy (non-hydrogen) atoms. The zero-order valence-corrected chi connectivity index (χ0v) is 10.1. The van der Waals surface area contributed by atoms with Crippen molar-refractivity contribution in [1.82, 2.24) is 0 Å². The van der Waals surface area contributed by atoms with Gasteiger partial charge in [-0.1, -0.05) is 30.3 Å². The van der Waals surface area contributed by atoms with Gasteiger partial charge in [0, 0.05) is 26.4 Å². The van der Waals surface area contributed by atoms with Gasteiger partial charge in [-0.15, -0.1) is 0 Å². The first-order chi connectivity index (χ1) is 8.35. The maximum atomic E-state index is 8.48. The second-order valence-corrected chi connectivity index (χ2v) is 3.42. The van der Waals surface area contributed by atoms with Crippen LogP contribution >= 0.6 is 0 Å². The van der Waals surface area contributed by atoms with Crippen LogP contribution in [0.5, 0.6) is 0 Å². The molecule has 3 N–H and O–H groups in total. The fraction of sp³-hybridized carbons (Fsp3) is 0.538. The number of rotatable bonds is 7. The maximum Gasteiger partial charge on any atom is 0.0716 e. The summed E-state index contributed by atoms with van der Waals surface area (Å²) >= 11 is 0. The van der Waals surface area contributed by atoms with Crippen LogP contribution in [-0.4, -0.2) is 41.7 Å². The van der Waals surface area contributed by atoms with E-state index in [-0.39, 0.29) is 19.8 Å². The topological polar surface area (TPSA) is 69.9 Å². The molecule has 1 aromatic carbocycles. The number of aliphatic hydroxyl groups excluding tert-OH is 3. The van der Waals surface area contributed by atoms with Gasteiger partial charge in [-0.3, -0.25) is 0 Å².